The fourth-order valence-corrected chi connectivity index (χ4v) is 4.31. The number of ether oxygens (including phenoxy) is 2. The van der Waals surface area contributed by atoms with E-state index in [0.29, 0.717) is 5.69 Å². The summed E-state index contributed by atoms with van der Waals surface area (Å²) < 4.78 is 36.7. The number of amides is 1. The van der Waals surface area contributed by atoms with Crippen molar-refractivity contribution in [2.24, 2.45) is 0 Å². The van der Waals surface area contributed by atoms with E-state index in [2.05, 4.69) is 5.32 Å². The Morgan fingerprint density at radius 2 is 1.38 bits per heavy atom. The SMILES string of the molecule is CCOC(=O)CC(CC(=O)OCC)NC(=O)c1ccc(N(C)S(=O)(=O)c2ccc(C)cc2)cc1. The molecule has 0 atom stereocenters. The number of hydrogen-bond acceptors (Lipinski definition) is 7. The van der Waals surface area contributed by atoms with Crippen LogP contribution in [0.15, 0.2) is 53.4 Å². The average Bonchev–Trinajstić information content (AvgIpc) is 2.79. The van der Waals surface area contributed by atoms with E-state index in [1.54, 1.807) is 26.0 Å². The third-order valence-corrected chi connectivity index (χ3v) is 6.74. The monoisotopic (exact) mass is 490 g/mol. The van der Waals surface area contributed by atoms with Crippen molar-refractivity contribution >= 4 is 33.6 Å². The van der Waals surface area contributed by atoms with Crippen molar-refractivity contribution in [3.63, 3.8) is 0 Å². The second-order valence-corrected chi connectivity index (χ2v) is 9.49. The summed E-state index contributed by atoms with van der Waals surface area (Å²) in [4.78, 5) is 36.6. The molecule has 0 radical (unpaired) electrons. The first-order valence-corrected chi connectivity index (χ1v) is 12.3. The summed E-state index contributed by atoms with van der Waals surface area (Å²) in [5.41, 5.74) is 1.55. The first-order valence-electron chi connectivity index (χ1n) is 10.9. The highest BCUT2D eigenvalue weighted by Crippen LogP contribution is 2.23. The summed E-state index contributed by atoms with van der Waals surface area (Å²) in [6.07, 6.45) is -0.373. The Kier molecular flexibility index (Phi) is 9.61. The minimum Gasteiger partial charge on any atom is -0.466 e. The van der Waals surface area contributed by atoms with Gasteiger partial charge >= 0.3 is 11.9 Å². The van der Waals surface area contributed by atoms with Crippen LogP contribution in [0, 0.1) is 6.92 Å². The van der Waals surface area contributed by atoms with Crippen LogP contribution < -0.4 is 9.62 Å². The van der Waals surface area contributed by atoms with Gasteiger partial charge in [0.05, 0.1) is 42.7 Å². The van der Waals surface area contributed by atoms with Gasteiger partial charge in [0, 0.05) is 12.6 Å². The van der Waals surface area contributed by atoms with Gasteiger partial charge in [-0.25, -0.2) is 8.42 Å². The molecule has 0 unspecified atom stereocenters. The molecular formula is C24H30N2O7S. The van der Waals surface area contributed by atoms with Crippen LogP contribution in [-0.2, 0) is 29.1 Å². The number of carbonyl (C=O) groups is 3. The molecule has 0 bridgehead atoms. The smallest absolute Gasteiger partial charge is 0.307 e. The molecule has 0 aliphatic heterocycles. The number of nitrogens with one attached hydrogen (secondary N) is 1. The molecule has 2 rings (SSSR count). The lowest BCUT2D eigenvalue weighted by Gasteiger charge is -2.20. The standard InChI is InChI=1S/C24H30N2O7S/c1-5-32-22(27)15-19(16-23(28)33-6-2)25-24(29)18-9-11-20(12-10-18)26(4)34(30,31)21-13-7-17(3)8-14-21/h7-14,19H,5-6,15-16H2,1-4H3,(H,25,29). The van der Waals surface area contributed by atoms with E-state index in [9.17, 15) is 22.8 Å². The average molecular weight is 491 g/mol. The van der Waals surface area contributed by atoms with Crippen LogP contribution in [0.3, 0.4) is 0 Å². The van der Waals surface area contributed by atoms with E-state index in [1.807, 2.05) is 6.92 Å². The molecule has 2 aromatic carbocycles. The van der Waals surface area contributed by atoms with Crippen molar-refractivity contribution in [1.29, 1.82) is 0 Å². The number of aryl methyl sites for hydroxylation is 1. The van der Waals surface area contributed by atoms with E-state index in [1.165, 1.54) is 43.4 Å². The van der Waals surface area contributed by atoms with Gasteiger partial charge in [0.15, 0.2) is 0 Å². The molecule has 0 spiro atoms. The number of sulfonamides is 1. The predicted octanol–water partition coefficient (Wildman–Crippen LogP) is 2.82. The molecular weight excluding hydrogens is 460 g/mol. The Balaban J connectivity index is 2.14. The van der Waals surface area contributed by atoms with E-state index in [0.717, 1.165) is 9.87 Å². The zero-order valence-electron chi connectivity index (χ0n) is 19.7. The Labute approximate surface area is 200 Å². The maximum absolute atomic E-state index is 12.9. The van der Waals surface area contributed by atoms with Crippen molar-refractivity contribution in [3.05, 3.63) is 59.7 Å². The van der Waals surface area contributed by atoms with Crippen LogP contribution in [0.2, 0.25) is 0 Å². The van der Waals surface area contributed by atoms with E-state index >= 15 is 0 Å². The van der Waals surface area contributed by atoms with Crippen molar-refractivity contribution in [2.45, 2.75) is 44.6 Å². The highest BCUT2D eigenvalue weighted by molar-refractivity contribution is 7.92. The number of benzene rings is 2. The van der Waals surface area contributed by atoms with E-state index in [-0.39, 0.29) is 36.5 Å². The molecule has 0 aromatic heterocycles. The zero-order valence-corrected chi connectivity index (χ0v) is 20.6. The molecule has 9 nitrogen and oxygen atoms in total. The fraction of sp³-hybridized carbons (Fsp3) is 0.375. The Morgan fingerprint density at radius 3 is 1.85 bits per heavy atom. The molecule has 0 saturated heterocycles. The van der Waals surface area contributed by atoms with Crippen molar-refractivity contribution in [3.8, 4) is 0 Å². The van der Waals surface area contributed by atoms with Gasteiger partial charge in [-0.1, -0.05) is 17.7 Å². The van der Waals surface area contributed by atoms with Gasteiger partial charge in [-0.15, -0.1) is 0 Å². The topological polar surface area (TPSA) is 119 Å². The van der Waals surface area contributed by atoms with Crippen LogP contribution in [0.4, 0.5) is 5.69 Å². The van der Waals surface area contributed by atoms with Crippen molar-refractivity contribution in [1.82, 2.24) is 5.32 Å². The molecule has 1 N–H and O–H groups in total. The summed E-state index contributed by atoms with van der Waals surface area (Å²) >= 11 is 0. The normalized spacial score (nSPS) is 11.1. The van der Waals surface area contributed by atoms with Gasteiger partial charge in [0.1, 0.15) is 0 Å². The molecule has 10 heteroatoms. The molecule has 0 saturated carbocycles. The van der Waals surface area contributed by atoms with Crippen LogP contribution in [0.1, 0.15) is 42.6 Å². The van der Waals surface area contributed by atoms with Gasteiger partial charge in [-0.2, -0.15) is 0 Å². The zero-order chi connectivity index (χ0) is 25.3. The minimum absolute atomic E-state index is 0.156. The molecule has 0 heterocycles. The number of hydrogen-bond donors (Lipinski definition) is 1. The molecule has 0 aliphatic carbocycles. The summed E-state index contributed by atoms with van der Waals surface area (Å²) in [7, 11) is -2.34. The lowest BCUT2D eigenvalue weighted by Crippen LogP contribution is -2.38. The number of esters is 2. The maximum Gasteiger partial charge on any atom is 0.307 e. The van der Waals surface area contributed by atoms with Gasteiger partial charge in [-0.3, -0.25) is 18.7 Å². The lowest BCUT2D eigenvalue weighted by molar-refractivity contribution is -0.145. The molecule has 1 amide bonds. The summed E-state index contributed by atoms with van der Waals surface area (Å²) in [5.74, 6) is -1.61. The second kappa shape index (κ2) is 12.2. The first-order chi connectivity index (χ1) is 16.1. The third kappa shape index (κ3) is 7.31. The van der Waals surface area contributed by atoms with Crippen LogP contribution >= 0.6 is 0 Å². The molecule has 34 heavy (non-hydrogen) atoms. The lowest BCUT2D eigenvalue weighted by atomic mass is 10.1. The molecule has 2 aromatic rings. The van der Waals surface area contributed by atoms with Gasteiger partial charge in [0.25, 0.3) is 15.9 Å². The van der Waals surface area contributed by atoms with Gasteiger partial charge in [-0.05, 0) is 57.2 Å². The molecule has 184 valence electrons. The largest absolute Gasteiger partial charge is 0.466 e. The number of carbonyl (C=O) groups excluding carboxylic acids is 3. The van der Waals surface area contributed by atoms with Crippen molar-refractivity contribution in [2.75, 3.05) is 24.6 Å². The number of nitrogens with zero attached hydrogens (tertiary/aromatic N) is 1. The molecule has 0 fully saturated rings. The molecule has 0 aliphatic rings. The minimum atomic E-state index is -3.77. The predicted molar refractivity (Wildman–Crippen MR) is 127 cm³/mol. The highest BCUT2D eigenvalue weighted by Gasteiger charge is 2.23. The van der Waals surface area contributed by atoms with Gasteiger partial charge < -0.3 is 14.8 Å². The number of anilines is 1. The van der Waals surface area contributed by atoms with Gasteiger partial charge in [0.2, 0.25) is 0 Å². The maximum atomic E-state index is 12.9. The first kappa shape index (κ1) is 26.8. The quantitative estimate of drug-likeness (QED) is 0.481. The Morgan fingerprint density at radius 1 is 0.882 bits per heavy atom. The Hall–Kier alpha value is -3.40. The van der Waals surface area contributed by atoms with E-state index < -0.39 is 33.9 Å². The van der Waals surface area contributed by atoms with E-state index in [4.69, 9.17) is 9.47 Å². The number of rotatable bonds is 11. The summed E-state index contributed by atoms with van der Waals surface area (Å²) in [5, 5.41) is 2.65. The fourth-order valence-electron chi connectivity index (χ4n) is 3.12. The highest BCUT2D eigenvalue weighted by atomic mass is 32.2. The van der Waals surface area contributed by atoms with Crippen LogP contribution in [0.25, 0.3) is 0 Å². The van der Waals surface area contributed by atoms with Crippen LogP contribution in [0.5, 0.6) is 0 Å². The Bertz CT molecular complexity index is 1080. The summed E-state index contributed by atoms with van der Waals surface area (Å²) in [6, 6.07) is 11.7. The third-order valence-electron chi connectivity index (χ3n) is 4.94. The van der Waals surface area contributed by atoms with Crippen molar-refractivity contribution < 1.29 is 32.3 Å². The second-order valence-electron chi connectivity index (χ2n) is 7.52. The van der Waals surface area contributed by atoms with Crippen LogP contribution in [-0.4, -0.2) is 52.6 Å². The summed E-state index contributed by atoms with van der Waals surface area (Å²) in [6.45, 7) is 5.55.